The number of hydrogen-bond acceptors (Lipinski definition) is 1. The Balaban J connectivity index is 0.955. The Hall–Kier alpha value is -5.37. The van der Waals surface area contributed by atoms with Gasteiger partial charge >= 0.3 is 0 Å². The van der Waals surface area contributed by atoms with Gasteiger partial charge in [-0.15, -0.1) is 11.8 Å². The summed E-state index contributed by atoms with van der Waals surface area (Å²) < 4.78 is 0.0596. The van der Waals surface area contributed by atoms with Gasteiger partial charge in [0.25, 0.3) is 0 Å². The molecule has 1 saturated carbocycles. The second kappa shape index (κ2) is 7.72. The molecule has 22 aliphatic carbocycles. The van der Waals surface area contributed by atoms with Crippen molar-refractivity contribution >= 4 is 97.9 Å². The lowest BCUT2D eigenvalue weighted by atomic mass is 9.39. The molecule has 2 spiro atoms. The van der Waals surface area contributed by atoms with E-state index in [9.17, 15) is 0 Å². The SMILES string of the molecule is CCCCC(CC)Cc1cccc2c1C13c4c5c6c7c8c9c%10c%11c%12c%13c%14c%15c(c%16c%13c%10c7c4-%16)C1(S2)C1C%15C2c4c7c%10c%13c%15c%16c%17c%18c%19c%20c%21c%22c%23c(c4c4c%22c%19c%16c%104)C2C%14C%12C%23C%21C%11C9C%20C%18C8C6C%17C%15C5C3C%13C71. The summed E-state index contributed by atoms with van der Waals surface area (Å²) in [4.78, 5) is 1.78. The fraction of sp³-hybridized carbons (Fsp3) is 0.405. The Morgan fingerprint density at radius 1 is 0.373 bits per heavy atom. The Bertz CT molecular complexity index is 5580. The zero-order valence-electron chi connectivity index (χ0n) is 41.3. The molecule has 0 saturated heterocycles. The summed E-state index contributed by atoms with van der Waals surface area (Å²) >= 11 is 2.62. The summed E-state index contributed by atoms with van der Waals surface area (Å²) in [5.41, 5.74) is 48.7. The highest BCUT2D eigenvalue weighted by molar-refractivity contribution is 8.00. The van der Waals surface area contributed by atoms with Gasteiger partial charge in [0.15, 0.2) is 0 Å². The molecule has 11 aromatic rings. The molecule has 1 aliphatic heterocycles. The van der Waals surface area contributed by atoms with Gasteiger partial charge in [-0.1, -0.05) is 51.7 Å². The van der Waals surface area contributed by atoms with Gasteiger partial charge in [-0.25, -0.2) is 0 Å². The first-order valence-corrected chi connectivity index (χ1v) is 32.2. The number of benzene rings is 10. The average Bonchev–Trinajstić information content (AvgIpc) is 4.36. The molecule has 1 heterocycles. The molecule has 75 heavy (non-hydrogen) atoms. The lowest BCUT2D eigenvalue weighted by Crippen LogP contribution is -2.62. The third-order valence-corrected chi connectivity index (χ3v) is 34.0. The molecule has 0 nitrogen and oxygen atoms in total. The summed E-state index contributed by atoms with van der Waals surface area (Å²) in [5.74, 6) is 14.2. The normalized spacial score (nSPS) is 46.0. The maximum atomic E-state index is 2.79. The molecule has 0 radical (unpaired) electrons. The number of unbranched alkanes of at least 4 members (excludes halogenated alkanes) is 1. The molecule has 34 rings (SSSR count). The molecule has 11 aromatic carbocycles. The van der Waals surface area contributed by atoms with Crippen LogP contribution in [0.25, 0.3) is 97.3 Å². The molecule has 0 aromatic heterocycles. The summed E-state index contributed by atoms with van der Waals surface area (Å²) in [7, 11) is 0. The molecular weight excluding hydrogens is 921 g/mol. The second-order valence-corrected chi connectivity index (χ2v) is 32.8. The van der Waals surface area contributed by atoms with Crippen LogP contribution >= 0.6 is 11.8 Å². The van der Waals surface area contributed by atoms with Crippen molar-refractivity contribution in [2.24, 2.45) is 17.8 Å². The van der Waals surface area contributed by atoms with E-state index in [0.717, 1.165) is 5.92 Å². The standard InChI is InChI=1S/C74H40S/c1-3-5-7-11(4-2)10-12-8-6-9-13-68(12)73-69-60-52-42-32-24-16-14-15-18-22-20(16)28-36-30(22)40-34-26(18)27-19(15)23-21-17(14)25(24)33-39-29(21)37-31(23)41-35(27)45-44(34)56-50(40)58-48(36)54(46(52)38(28)32)62(69)64(58)71-66(56)67-57(45)51(41)59-49(37)55-47(39)53(43(33)42)61(60)70(73)63(55)65(59)72(67)74(71,73)75-13/h6,8-9,11,16,18,20,22,24,26,32,34,42-45,53,57,61,63,65,67,70,72H,3-5,7,10H2,1-2H3. The van der Waals surface area contributed by atoms with Crippen LogP contribution in [-0.2, 0) is 16.6 Å². The smallest absolute Gasteiger partial charge is 0.0645 e. The van der Waals surface area contributed by atoms with Crippen molar-refractivity contribution in [3.63, 3.8) is 0 Å². The molecule has 0 N–H and O–H groups in total. The first-order chi connectivity index (χ1) is 37.3. The van der Waals surface area contributed by atoms with Crippen molar-refractivity contribution in [2.75, 3.05) is 0 Å². The molecule has 0 bridgehead atoms. The van der Waals surface area contributed by atoms with Crippen LogP contribution in [0.5, 0.6) is 0 Å². The number of hydrogen-bond donors (Lipinski definition) is 0. The van der Waals surface area contributed by atoms with E-state index in [2.05, 4.69) is 88.3 Å². The highest BCUT2D eigenvalue weighted by atomic mass is 32.2. The summed E-state index contributed by atoms with van der Waals surface area (Å²) in [6, 6.07) is 8.18. The molecule has 23 atom stereocenters. The summed E-state index contributed by atoms with van der Waals surface area (Å²) in [6.07, 6.45) is 6.71. The maximum absolute atomic E-state index is 2.79. The highest BCUT2D eigenvalue weighted by Gasteiger charge is 2.90. The van der Waals surface area contributed by atoms with Crippen molar-refractivity contribution < 1.29 is 0 Å². The number of thioether (sulfide) groups is 1. The van der Waals surface area contributed by atoms with E-state index in [1.54, 1.807) is 4.90 Å². The molecule has 1 fully saturated rings. The van der Waals surface area contributed by atoms with Gasteiger partial charge < -0.3 is 0 Å². The van der Waals surface area contributed by atoms with Crippen molar-refractivity contribution in [2.45, 2.75) is 168 Å². The molecule has 342 valence electrons. The lowest BCUT2D eigenvalue weighted by Gasteiger charge is -2.65. The fourth-order valence-corrected chi connectivity index (χ4v) is 35.5. The molecular formula is C74H40S. The molecule has 23 unspecified atom stereocenters. The summed E-state index contributed by atoms with van der Waals surface area (Å²) in [6.45, 7) is 5.01. The summed E-state index contributed by atoms with van der Waals surface area (Å²) in [5, 5.41) is 30.9. The number of fused-ring (bicyclic) bond motifs is 1. The van der Waals surface area contributed by atoms with E-state index in [0.29, 0.717) is 118 Å². The molecule has 0 amide bonds. The minimum Gasteiger partial charge on any atom is -0.112 e. The van der Waals surface area contributed by atoms with Crippen molar-refractivity contribution in [3.8, 4) is 11.1 Å². The van der Waals surface area contributed by atoms with E-state index in [-0.39, 0.29) is 10.2 Å². The predicted octanol–water partition coefficient (Wildman–Crippen LogP) is 17.3. The third kappa shape index (κ3) is 1.88. The highest BCUT2D eigenvalue weighted by Crippen LogP contribution is 3.01. The first kappa shape index (κ1) is 31.8. The monoisotopic (exact) mass is 960 g/mol. The van der Waals surface area contributed by atoms with Gasteiger partial charge in [-0.2, -0.15) is 0 Å². The topological polar surface area (TPSA) is 0 Å². The first-order valence-electron chi connectivity index (χ1n) is 31.3. The van der Waals surface area contributed by atoms with Gasteiger partial charge in [0, 0.05) is 10.3 Å². The Morgan fingerprint density at radius 3 is 1.20 bits per heavy atom. The Labute approximate surface area is 432 Å². The molecule has 23 aliphatic rings. The van der Waals surface area contributed by atoms with Crippen LogP contribution in [0.2, 0.25) is 0 Å². The van der Waals surface area contributed by atoms with Gasteiger partial charge in [0.1, 0.15) is 0 Å². The van der Waals surface area contributed by atoms with Gasteiger partial charge in [0.2, 0.25) is 0 Å². The van der Waals surface area contributed by atoms with E-state index in [4.69, 9.17) is 0 Å². The van der Waals surface area contributed by atoms with Crippen LogP contribution in [0.1, 0.15) is 268 Å². The zero-order valence-corrected chi connectivity index (χ0v) is 42.1. The van der Waals surface area contributed by atoms with Crippen LogP contribution in [0.15, 0.2) is 23.1 Å². The van der Waals surface area contributed by atoms with Crippen LogP contribution in [0.3, 0.4) is 0 Å². The van der Waals surface area contributed by atoms with Crippen LogP contribution < -0.4 is 0 Å². The number of rotatable bonds is 6. The van der Waals surface area contributed by atoms with E-state index in [1.165, 1.54) is 32.1 Å². The van der Waals surface area contributed by atoms with E-state index < -0.39 is 0 Å². The average molecular weight is 961 g/mol. The maximum Gasteiger partial charge on any atom is 0.0645 e. The van der Waals surface area contributed by atoms with Gasteiger partial charge in [-0.3, -0.25) is 0 Å². The Morgan fingerprint density at radius 2 is 0.733 bits per heavy atom. The Kier molecular flexibility index (Phi) is 3.27. The van der Waals surface area contributed by atoms with Gasteiger partial charge in [-0.05, 0) is 356 Å². The second-order valence-electron chi connectivity index (χ2n) is 31.5. The largest absolute Gasteiger partial charge is 0.112 e. The minimum absolute atomic E-state index is 0.0280. The van der Waals surface area contributed by atoms with E-state index >= 15 is 0 Å². The van der Waals surface area contributed by atoms with E-state index in [1.807, 2.05) is 175 Å². The van der Waals surface area contributed by atoms with Crippen LogP contribution in [0, 0.1) is 17.8 Å². The van der Waals surface area contributed by atoms with Crippen molar-refractivity contribution in [1.29, 1.82) is 0 Å². The van der Waals surface area contributed by atoms with Gasteiger partial charge in [0.05, 0.1) is 4.75 Å². The fourth-order valence-electron chi connectivity index (χ4n) is 33.4. The van der Waals surface area contributed by atoms with Crippen molar-refractivity contribution in [1.82, 2.24) is 0 Å². The van der Waals surface area contributed by atoms with Crippen molar-refractivity contribution in [3.05, 3.63) is 141 Å². The van der Waals surface area contributed by atoms with Crippen LogP contribution in [0.4, 0.5) is 0 Å². The molecule has 1 heteroatoms. The minimum atomic E-state index is 0.0280. The third-order valence-electron chi connectivity index (χ3n) is 32.3. The predicted molar refractivity (Wildman–Crippen MR) is 294 cm³/mol. The zero-order chi connectivity index (χ0) is 45.2. The quantitative estimate of drug-likeness (QED) is 0.150. The lowest BCUT2D eigenvalue weighted by molar-refractivity contribution is 0.0337. The van der Waals surface area contributed by atoms with Crippen LogP contribution in [-0.4, -0.2) is 0 Å².